The van der Waals surface area contributed by atoms with Crippen molar-refractivity contribution in [3.63, 3.8) is 0 Å². The lowest BCUT2D eigenvalue weighted by Gasteiger charge is -2.09. The number of halogens is 4. The number of rotatable bonds is 8. The van der Waals surface area contributed by atoms with Crippen LogP contribution in [0.5, 0.6) is 0 Å². The number of nitrogens with one attached hydrogen (secondary N) is 1. The molecule has 0 fully saturated rings. The van der Waals surface area contributed by atoms with Gasteiger partial charge in [-0.1, -0.05) is 0 Å². The molecular weight excluding hydrogens is 334 g/mol. The summed E-state index contributed by atoms with van der Waals surface area (Å²) in [4.78, 5) is 24.0. The lowest BCUT2D eigenvalue weighted by Crippen LogP contribution is -2.22. The molecule has 1 aromatic rings. The first kappa shape index (κ1) is 19.6. The predicted molar refractivity (Wildman–Crippen MR) is 75.0 cm³/mol. The summed E-state index contributed by atoms with van der Waals surface area (Å²) in [6, 6.07) is 0.164. The minimum Gasteiger partial charge on any atom is -0.462 e. The maximum absolute atomic E-state index is 13.7. The highest BCUT2D eigenvalue weighted by Gasteiger charge is 2.28. The van der Waals surface area contributed by atoms with E-state index in [2.05, 4.69) is 10.1 Å². The molecule has 0 amide bonds. The molecule has 0 aliphatic carbocycles. The molecule has 0 spiro atoms. The van der Waals surface area contributed by atoms with Gasteiger partial charge in [-0.3, -0.25) is 4.79 Å². The van der Waals surface area contributed by atoms with Crippen LogP contribution in [-0.4, -0.2) is 36.6 Å². The summed E-state index contributed by atoms with van der Waals surface area (Å²) in [5, 5.41) is 11.2. The minimum absolute atomic E-state index is 0.102. The summed E-state index contributed by atoms with van der Waals surface area (Å²) in [5.41, 5.74) is -1.87. The highest BCUT2D eigenvalue weighted by molar-refractivity contribution is 6.24. The number of ether oxygens (including phenoxy) is 1. The van der Waals surface area contributed by atoms with Crippen LogP contribution in [0.3, 0.4) is 0 Å². The Balaban J connectivity index is 3.23. The van der Waals surface area contributed by atoms with Crippen molar-refractivity contribution in [3.8, 4) is 0 Å². The SMILES string of the molecule is CCOC(=O)/C(=C\NCCCO)C(=O)c1cc(F)c(F)c(F)c1F. The van der Waals surface area contributed by atoms with E-state index in [-0.39, 0.29) is 32.2 Å². The molecule has 1 rings (SSSR count). The van der Waals surface area contributed by atoms with Crippen LogP contribution >= 0.6 is 0 Å². The van der Waals surface area contributed by atoms with Gasteiger partial charge in [0.15, 0.2) is 23.3 Å². The molecule has 0 bridgehead atoms. The van der Waals surface area contributed by atoms with Gasteiger partial charge < -0.3 is 15.2 Å². The summed E-state index contributed by atoms with van der Waals surface area (Å²) in [6.45, 7) is 1.36. The zero-order valence-electron chi connectivity index (χ0n) is 12.7. The van der Waals surface area contributed by atoms with E-state index in [0.717, 1.165) is 6.20 Å². The van der Waals surface area contributed by atoms with Gasteiger partial charge >= 0.3 is 5.97 Å². The standard InChI is InChI=1S/C15H15F4NO4/c1-2-24-15(23)9(7-20-4-3-5-21)14(22)8-6-10(16)12(18)13(19)11(8)17/h6-7,20-21H,2-5H2,1H3/b9-7-. The Morgan fingerprint density at radius 1 is 1.21 bits per heavy atom. The average Bonchev–Trinajstić information content (AvgIpc) is 2.56. The van der Waals surface area contributed by atoms with E-state index in [4.69, 9.17) is 5.11 Å². The van der Waals surface area contributed by atoms with Crippen LogP contribution < -0.4 is 5.32 Å². The topological polar surface area (TPSA) is 75.6 Å². The van der Waals surface area contributed by atoms with Gasteiger partial charge in [-0.15, -0.1) is 0 Å². The zero-order valence-corrected chi connectivity index (χ0v) is 12.7. The molecular formula is C15H15F4NO4. The maximum atomic E-state index is 13.7. The van der Waals surface area contributed by atoms with Gasteiger partial charge in [-0.05, 0) is 19.4 Å². The number of hydrogen-bond acceptors (Lipinski definition) is 5. The zero-order chi connectivity index (χ0) is 18.3. The number of aliphatic hydroxyl groups is 1. The van der Waals surface area contributed by atoms with Gasteiger partial charge in [0.05, 0.1) is 12.2 Å². The van der Waals surface area contributed by atoms with Crippen molar-refractivity contribution in [2.24, 2.45) is 0 Å². The number of ketones is 1. The minimum atomic E-state index is -2.16. The normalized spacial score (nSPS) is 11.3. The van der Waals surface area contributed by atoms with E-state index >= 15 is 0 Å². The van der Waals surface area contributed by atoms with Crippen LogP contribution in [0.15, 0.2) is 17.8 Å². The van der Waals surface area contributed by atoms with Gasteiger partial charge in [0.1, 0.15) is 5.57 Å². The summed E-state index contributed by atoms with van der Waals surface area (Å²) < 4.78 is 57.8. The van der Waals surface area contributed by atoms with Crippen molar-refractivity contribution in [1.82, 2.24) is 5.32 Å². The molecule has 0 unspecified atom stereocenters. The quantitative estimate of drug-likeness (QED) is 0.0862. The smallest absolute Gasteiger partial charge is 0.343 e. The Morgan fingerprint density at radius 2 is 1.88 bits per heavy atom. The molecule has 0 radical (unpaired) electrons. The second-order valence-electron chi connectivity index (χ2n) is 4.49. The summed E-state index contributed by atoms with van der Waals surface area (Å²) >= 11 is 0. The van der Waals surface area contributed by atoms with Gasteiger partial charge in [0.25, 0.3) is 0 Å². The fourth-order valence-electron chi connectivity index (χ4n) is 1.66. The molecule has 0 aliphatic heterocycles. The highest BCUT2D eigenvalue weighted by atomic mass is 19.2. The monoisotopic (exact) mass is 349 g/mol. The van der Waals surface area contributed by atoms with Crippen molar-refractivity contribution in [3.05, 3.63) is 46.7 Å². The molecule has 0 atom stereocenters. The Hall–Kier alpha value is -2.42. The number of esters is 1. The fraction of sp³-hybridized carbons (Fsp3) is 0.333. The van der Waals surface area contributed by atoms with E-state index in [1.165, 1.54) is 6.92 Å². The van der Waals surface area contributed by atoms with Gasteiger partial charge in [0.2, 0.25) is 5.78 Å². The first-order valence-corrected chi connectivity index (χ1v) is 6.94. The lowest BCUT2D eigenvalue weighted by molar-refractivity contribution is -0.138. The largest absolute Gasteiger partial charge is 0.462 e. The molecule has 1 aromatic carbocycles. The molecule has 0 saturated carbocycles. The molecule has 0 saturated heterocycles. The third kappa shape index (κ3) is 4.54. The number of carbonyl (C=O) groups is 2. The van der Waals surface area contributed by atoms with Crippen LogP contribution in [0.4, 0.5) is 17.6 Å². The van der Waals surface area contributed by atoms with Gasteiger partial charge in [-0.2, -0.15) is 0 Å². The summed E-state index contributed by atoms with van der Waals surface area (Å²) in [6.07, 6.45) is 1.17. The van der Waals surface area contributed by atoms with E-state index in [1.54, 1.807) is 0 Å². The van der Waals surface area contributed by atoms with Crippen LogP contribution in [0.1, 0.15) is 23.7 Å². The molecule has 24 heavy (non-hydrogen) atoms. The van der Waals surface area contributed by atoms with Crippen LogP contribution in [0.2, 0.25) is 0 Å². The Kier molecular flexibility index (Phi) is 7.37. The molecule has 0 aliphatic rings. The first-order valence-electron chi connectivity index (χ1n) is 6.94. The van der Waals surface area contributed by atoms with Crippen molar-refractivity contribution in [2.75, 3.05) is 19.8 Å². The second kappa shape index (κ2) is 9.02. The van der Waals surface area contributed by atoms with Crippen molar-refractivity contribution in [2.45, 2.75) is 13.3 Å². The predicted octanol–water partition coefficient (Wildman–Crippen LogP) is 1.84. The molecule has 2 N–H and O–H groups in total. The highest BCUT2D eigenvalue weighted by Crippen LogP contribution is 2.21. The van der Waals surface area contributed by atoms with E-state index < -0.39 is 46.2 Å². The summed E-state index contributed by atoms with van der Waals surface area (Å²) in [5.74, 6) is -10.4. The fourth-order valence-corrected chi connectivity index (χ4v) is 1.66. The van der Waals surface area contributed by atoms with E-state index in [0.29, 0.717) is 0 Å². The number of carbonyl (C=O) groups excluding carboxylic acids is 2. The molecule has 0 heterocycles. The first-order chi connectivity index (χ1) is 11.3. The Bertz CT molecular complexity index is 661. The number of benzene rings is 1. The van der Waals surface area contributed by atoms with Gasteiger partial charge in [0, 0.05) is 19.4 Å². The van der Waals surface area contributed by atoms with Crippen LogP contribution in [0, 0.1) is 23.3 Å². The van der Waals surface area contributed by atoms with E-state index in [9.17, 15) is 27.2 Å². The Morgan fingerprint density at radius 3 is 2.46 bits per heavy atom. The molecule has 132 valence electrons. The third-order valence-electron chi connectivity index (χ3n) is 2.81. The third-order valence-corrected chi connectivity index (χ3v) is 2.81. The van der Waals surface area contributed by atoms with Crippen LogP contribution in [0.25, 0.3) is 0 Å². The lowest BCUT2D eigenvalue weighted by atomic mass is 10.0. The summed E-state index contributed by atoms with van der Waals surface area (Å²) in [7, 11) is 0. The number of hydrogen-bond donors (Lipinski definition) is 2. The van der Waals surface area contributed by atoms with Crippen LogP contribution in [-0.2, 0) is 9.53 Å². The molecule has 0 aromatic heterocycles. The van der Waals surface area contributed by atoms with Crippen molar-refractivity contribution >= 4 is 11.8 Å². The molecule has 9 heteroatoms. The van der Waals surface area contributed by atoms with Crippen molar-refractivity contribution in [1.29, 1.82) is 0 Å². The number of Topliss-reactive ketones (excluding diaryl/α,β-unsaturated/α-hetero) is 1. The maximum Gasteiger partial charge on any atom is 0.343 e. The van der Waals surface area contributed by atoms with Crippen molar-refractivity contribution < 1.29 is 37.0 Å². The molecule has 5 nitrogen and oxygen atoms in total. The second-order valence-corrected chi connectivity index (χ2v) is 4.49. The number of aliphatic hydroxyl groups excluding tert-OH is 1. The average molecular weight is 349 g/mol. The Labute approximate surface area is 134 Å². The van der Waals surface area contributed by atoms with E-state index in [1.807, 2.05) is 0 Å². The van der Waals surface area contributed by atoms with Gasteiger partial charge in [-0.25, -0.2) is 22.4 Å².